The Labute approximate surface area is 119 Å². The molecule has 0 aliphatic rings. The van der Waals surface area contributed by atoms with Gasteiger partial charge in [0.15, 0.2) is 0 Å². The average molecular weight is 313 g/mol. The predicted molar refractivity (Wildman–Crippen MR) is 75.8 cm³/mol. The van der Waals surface area contributed by atoms with Gasteiger partial charge in [-0.1, -0.05) is 0 Å². The average Bonchev–Trinajstić information content (AvgIpc) is 2.41. The number of hydrogen-bond donors (Lipinski definition) is 1. The molecule has 4 nitrogen and oxygen atoms in total. The van der Waals surface area contributed by atoms with E-state index in [4.69, 9.17) is 10.5 Å². The van der Waals surface area contributed by atoms with Crippen molar-refractivity contribution in [3.05, 3.63) is 51.6 Å². The van der Waals surface area contributed by atoms with E-state index in [-0.39, 0.29) is 0 Å². The minimum atomic E-state index is 0.349. The van der Waals surface area contributed by atoms with Crippen molar-refractivity contribution in [2.45, 2.75) is 6.92 Å². The molecule has 0 aliphatic heterocycles. The van der Waals surface area contributed by atoms with Crippen LogP contribution in [0.1, 0.15) is 16.7 Å². The predicted octanol–water partition coefficient (Wildman–Crippen LogP) is 3.64. The van der Waals surface area contributed by atoms with Gasteiger partial charge in [-0.15, -0.1) is 0 Å². The third kappa shape index (κ3) is 2.90. The van der Waals surface area contributed by atoms with E-state index in [0.717, 1.165) is 21.5 Å². The summed E-state index contributed by atoms with van der Waals surface area (Å²) in [6.07, 6.45) is 1.70. The second-order valence-electron chi connectivity index (χ2n) is 3.93. The molecule has 0 fully saturated rings. The van der Waals surface area contributed by atoms with Crippen molar-refractivity contribution < 1.29 is 0 Å². The van der Waals surface area contributed by atoms with Crippen molar-refractivity contribution in [1.29, 1.82) is 10.5 Å². The van der Waals surface area contributed by atoms with Gasteiger partial charge in [0.2, 0.25) is 0 Å². The molecular weight excluding hydrogens is 304 g/mol. The summed E-state index contributed by atoms with van der Waals surface area (Å²) in [4.78, 5) is 4.27. The highest BCUT2D eigenvalue weighted by Crippen LogP contribution is 2.22. The molecule has 1 aromatic heterocycles. The molecule has 1 heterocycles. The summed E-state index contributed by atoms with van der Waals surface area (Å²) in [5, 5.41) is 21.0. The highest BCUT2D eigenvalue weighted by atomic mass is 79.9. The van der Waals surface area contributed by atoms with Gasteiger partial charge in [0, 0.05) is 16.4 Å². The molecule has 5 heteroatoms. The zero-order valence-electron chi connectivity index (χ0n) is 10.1. The number of rotatable bonds is 2. The quantitative estimate of drug-likeness (QED) is 0.918. The second-order valence-corrected chi connectivity index (χ2v) is 4.84. The number of nitrogens with one attached hydrogen (secondary N) is 1. The molecule has 2 aromatic rings. The minimum Gasteiger partial charge on any atom is -0.340 e. The van der Waals surface area contributed by atoms with Crippen molar-refractivity contribution in [2.24, 2.45) is 0 Å². The van der Waals surface area contributed by atoms with Crippen molar-refractivity contribution in [1.82, 2.24) is 4.98 Å². The van der Waals surface area contributed by atoms with Crippen LogP contribution < -0.4 is 5.32 Å². The molecule has 19 heavy (non-hydrogen) atoms. The fraction of sp³-hybridized carbons (Fsp3) is 0.0714. The lowest BCUT2D eigenvalue weighted by Crippen LogP contribution is -1.97. The van der Waals surface area contributed by atoms with E-state index in [0.29, 0.717) is 11.1 Å². The number of halogens is 1. The smallest absolute Gasteiger partial charge is 0.133 e. The number of anilines is 2. The number of pyridine rings is 1. The molecule has 0 bridgehead atoms. The summed E-state index contributed by atoms with van der Waals surface area (Å²) in [7, 11) is 0. The van der Waals surface area contributed by atoms with Crippen LogP contribution in [0.15, 0.2) is 34.9 Å². The Balaban J connectivity index is 2.34. The molecule has 1 N–H and O–H groups in total. The van der Waals surface area contributed by atoms with E-state index < -0.39 is 0 Å². The minimum absolute atomic E-state index is 0.349. The van der Waals surface area contributed by atoms with Gasteiger partial charge in [-0.3, -0.25) is 0 Å². The Kier molecular flexibility index (Phi) is 3.79. The van der Waals surface area contributed by atoms with E-state index in [1.54, 1.807) is 24.4 Å². The van der Waals surface area contributed by atoms with Gasteiger partial charge in [-0.05, 0) is 52.7 Å². The van der Waals surface area contributed by atoms with Crippen LogP contribution in [0.2, 0.25) is 0 Å². The van der Waals surface area contributed by atoms with Crippen LogP contribution in [0.25, 0.3) is 0 Å². The van der Waals surface area contributed by atoms with Crippen LogP contribution in [0, 0.1) is 29.6 Å². The molecule has 0 saturated heterocycles. The first-order valence-electron chi connectivity index (χ1n) is 5.47. The first kappa shape index (κ1) is 13.1. The fourth-order valence-corrected chi connectivity index (χ4v) is 2.07. The first-order valence-corrected chi connectivity index (χ1v) is 6.27. The van der Waals surface area contributed by atoms with Gasteiger partial charge >= 0.3 is 0 Å². The Morgan fingerprint density at radius 1 is 1.16 bits per heavy atom. The van der Waals surface area contributed by atoms with Crippen LogP contribution >= 0.6 is 15.9 Å². The summed E-state index contributed by atoms with van der Waals surface area (Å²) in [5.41, 5.74) is 2.43. The second kappa shape index (κ2) is 5.51. The lowest BCUT2D eigenvalue weighted by molar-refractivity contribution is 1.24. The highest BCUT2D eigenvalue weighted by molar-refractivity contribution is 9.10. The normalized spacial score (nSPS) is 9.47. The monoisotopic (exact) mass is 312 g/mol. The number of aromatic nitrogens is 1. The Bertz CT molecular complexity index is 710. The highest BCUT2D eigenvalue weighted by Gasteiger charge is 2.05. The third-order valence-electron chi connectivity index (χ3n) is 2.57. The molecule has 1 aromatic carbocycles. The van der Waals surface area contributed by atoms with Crippen molar-refractivity contribution in [3.63, 3.8) is 0 Å². The van der Waals surface area contributed by atoms with Crippen molar-refractivity contribution >= 4 is 27.4 Å². The number of nitrogens with zero attached hydrogens (tertiary/aromatic N) is 3. The lowest BCUT2D eigenvalue weighted by Gasteiger charge is -2.09. The maximum Gasteiger partial charge on any atom is 0.133 e. The van der Waals surface area contributed by atoms with E-state index in [1.807, 2.05) is 25.1 Å². The number of hydrogen-bond acceptors (Lipinski definition) is 4. The summed E-state index contributed by atoms with van der Waals surface area (Å²) < 4.78 is 0.910. The summed E-state index contributed by atoms with van der Waals surface area (Å²) in [6.45, 7) is 1.94. The largest absolute Gasteiger partial charge is 0.340 e. The van der Waals surface area contributed by atoms with E-state index in [1.165, 1.54) is 0 Å². The molecule has 0 atom stereocenters. The fourth-order valence-electron chi connectivity index (χ4n) is 1.62. The molecule has 0 spiro atoms. The topological polar surface area (TPSA) is 72.5 Å². The molecule has 0 amide bonds. The number of benzene rings is 1. The molecule has 0 saturated carbocycles. The van der Waals surface area contributed by atoms with E-state index >= 15 is 0 Å². The van der Waals surface area contributed by atoms with Gasteiger partial charge in [0.25, 0.3) is 0 Å². The standard InChI is InChI=1S/C14H9BrN4/c1-9-4-12(15)8-18-14(9)19-13-3-2-10(6-16)11(5-13)7-17/h2-5,8H,1H3,(H,18,19). The molecule has 0 aliphatic carbocycles. The van der Waals surface area contributed by atoms with Gasteiger partial charge in [0.05, 0.1) is 11.1 Å². The Morgan fingerprint density at radius 2 is 1.89 bits per heavy atom. The van der Waals surface area contributed by atoms with Crippen LogP contribution in [0.3, 0.4) is 0 Å². The van der Waals surface area contributed by atoms with E-state index in [9.17, 15) is 0 Å². The van der Waals surface area contributed by atoms with Crippen LogP contribution in [0.5, 0.6) is 0 Å². The summed E-state index contributed by atoms with van der Waals surface area (Å²) in [5.74, 6) is 0.719. The zero-order chi connectivity index (χ0) is 13.8. The van der Waals surface area contributed by atoms with Gasteiger partial charge in [-0.2, -0.15) is 10.5 Å². The molecule has 92 valence electrons. The Hall–Kier alpha value is -2.37. The van der Waals surface area contributed by atoms with Gasteiger partial charge in [0.1, 0.15) is 18.0 Å². The lowest BCUT2D eigenvalue weighted by atomic mass is 10.1. The first-order chi connectivity index (χ1) is 9.13. The maximum atomic E-state index is 8.98. The van der Waals surface area contributed by atoms with Crippen LogP contribution in [0.4, 0.5) is 11.5 Å². The summed E-state index contributed by atoms with van der Waals surface area (Å²) in [6, 6.07) is 11.0. The van der Waals surface area contributed by atoms with Gasteiger partial charge in [-0.25, -0.2) is 4.98 Å². The maximum absolute atomic E-state index is 8.98. The van der Waals surface area contributed by atoms with Crippen molar-refractivity contribution in [2.75, 3.05) is 5.32 Å². The SMILES string of the molecule is Cc1cc(Br)cnc1Nc1ccc(C#N)c(C#N)c1. The molecule has 0 radical (unpaired) electrons. The Morgan fingerprint density at radius 3 is 2.53 bits per heavy atom. The molecule has 0 unspecified atom stereocenters. The summed E-state index contributed by atoms with van der Waals surface area (Å²) >= 11 is 3.35. The third-order valence-corrected chi connectivity index (χ3v) is 3.00. The number of aryl methyl sites for hydroxylation is 1. The zero-order valence-corrected chi connectivity index (χ0v) is 11.7. The molecular formula is C14H9BrN4. The van der Waals surface area contributed by atoms with Crippen LogP contribution in [-0.4, -0.2) is 4.98 Å². The molecule has 2 rings (SSSR count). The van der Waals surface area contributed by atoms with Gasteiger partial charge < -0.3 is 5.32 Å². The van der Waals surface area contributed by atoms with Crippen LogP contribution in [-0.2, 0) is 0 Å². The van der Waals surface area contributed by atoms with E-state index in [2.05, 4.69) is 26.2 Å². The van der Waals surface area contributed by atoms with Crippen molar-refractivity contribution in [3.8, 4) is 12.1 Å². The number of nitriles is 2.